The van der Waals surface area contributed by atoms with E-state index in [9.17, 15) is 39.5 Å². The lowest BCUT2D eigenvalue weighted by molar-refractivity contribution is -0.384. The number of non-ortho nitro benzene ring substituents is 1. The number of fused-ring (bicyclic) bond motifs is 1. The molecule has 0 spiro atoms. The van der Waals surface area contributed by atoms with Gasteiger partial charge in [0.25, 0.3) is 5.69 Å². The van der Waals surface area contributed by atoms with Crippen molar-refractivity contribution in [2.24, 2.45) is 23.7 Å². The normalized spacial score (nSPS) is 30.5. The minimum Gasteiger partial charge on any atom is -0.477 e. The summed E-state index contributed by atoms with van der Waals surface area (Å²) in [4.78, 5) is 66.4. The van der Waals surface area contributed by atoms with Crippen molar-refractivity contribution in [3.05, 3.63) is 50.5 Å². The number of aliphatic hydroxyl groups excluding tert-OH is 1. The van der Waals surface area contributed by atoms with Crippen LogP contribution in [0.3, 0.4) is 0 Å². The Kier molecular flexibility index (Phi) is 7.96. The highest BCUT2D eigenvalue weighted by molar-refractivity contribution is 8.03. The maximum atomic E-state index is 13.3. The van der Waals surface area contributed by atoms with Gasteiger partial charge in [-0.1, -0.05) is 6.92 Å². The summed E-state index contributed by atoms with van der Waals surface area (Å²) in [6.07, 6.45) is -0.339. The first kappa shape index (κ1) is 29.8. The fourth-order valence-corrected chi connectivity index (χ4v) is 8.12. The number of aliphatic carboxylic acids is 1. The number of hydrogen-bond donors (Lipinski definition) is 2. The number of benzene rings is 1. The van der Waals surface area contributed by atoms with Gasteiger partial charge in [-0.25, -0.2) is 9.59 Å². The van der Waals surface area contributed by atoms with E-state index in [0.29, 0.717) is 23.3 Å². The smallest absolute Gasteiger partial charge is 0.410 e. The average Bonchev–Trinajstić information content (AvgIpc) is 3.54. The first-order valence-corrected chi connectivity index (χ1v) is 14.7. The van der Waals surface area contributed by atoms with Gasteiger partial charge < -0.3 is 29.6 Å². The van der Waals surface area contributed by atoms with Gasteiger partial charge in [-0.3, -0.25) is 19.7 Å². The first-order chi connectivity index (χ1) is 19.8. The molecule has 8 atom stereocenters. The van der Waals surface area contributed by atoms with Gasteiger partial charge in [0.2, 0.25) is 11.8 Å². The minimum atomic E-state index is -1.21. The Morgan fingerprint density at radius 2 is 1.88 bits per heavy atom. The van der Waals surface area contributed by atoms with Gasteiger partial charge in [0.15, 0.2) is 0 Å². The molecule has 1 saturated carbocycles. The van der Waals surface area contributed by atoms with Crippen LogP contribution < -0.4 is 0 Å². The molecule has 13 nitrogen and oxygen atoms in total. The Morgan fingerprint density at radius 3 is 2.45 bits per heavy atom. The van der Waals surface area contributed by atoms with Crippen LogP contribution in [-0.2, 0) is 25.7 Å². The third-order valence-corrected chi connectivity index (χ3v) is 10.2. The molecule has 4 aliphatic rings. The largest absolute Gasteiger partial charge is 0.477 e. The van der Waals surface area contributed by atoms with Crippen LogP contribution in [0.5, 0.6) is 0 Å². The highest BCUT2D eigenvalue weighted by Gasteiger charge is 2.61. The lowest BCUT2D eigenvalue weighted by atomic mass is 9.79. The van der Waals surface area contributed by atoms with Crippen LogP contribution in [0.25, 0.3) is 0 Å². The van der Waals surface area contributed by atoms with Gasteiger partial charge in [0.1, 0.15) is 12.3 Å². The molecule has 0 unspecified atom stereocenters. The van der Waals surface area contributed by atoms with Crippen LogP contribution in [0.4, 0.5) is 10.5 Å². The highest BCUT2D eigenvalue weighted by Crippen LogP contribution is 2.54. The second-order valence-electron chi connectivity index (χ2n) is 11.7. The molecule has 1 aromatic carbocycles. The maximum Gasteiger partial charge on any atom is 0.410 e. The zero-order valence-corrected chi connectivity index (χ0v) is 24.5. The number of nitro groups is 1. The molecule has 14 heteroatoms. The van der Waals surface area contributed by atoms with E-state index < -0.39 is 41.0 Å². The van der Waals surface area contributed by atoms with Gasteiger partial charge in [0, 0.05) is 60.8 Å². The van der Waals surface area contributed by atoms with Crippen molar-refractivity contribution in [1.29, 1.82) is 0 Å². The predicted octanol–water partition coefficient (Wildman–Crippen LogP) is 2.29. The molecule has 0 radical (unpaired) electrons. The molecule has 1 aliphatic carbocycles. The number of thioether (sulfide) groups is 1. The van der Waals surface area contributed by atoms with E-state index in [-0.39, 0.29) is 59.5 Å². The number of carboxylic acids is 1. The van der Waals surface area contributed by atoms with Crippen molar-refractivity contribution in [2.75, 3.05) is 20.6 Å². The standard InChI is InChI=1S/C28H34N4O9S/c1-13-22-21(14(2)33)26(35)31(22)23(27(36)37)24(13)42-17-9-20(18-10-19(18)25(34)29(3)4)30(11-17)28(38)41-12-15-5-7-16(8-6-15)32(39)40/h5-8,13-14,17-22,33H,9-12H2,1-4H3,(H,36,37)/t13-,14-,17+,18-,19-,20+,21-,22-/m1/s1. The zero-order valence-electron chi connectivity index (χ0n) is 23.7. The highest BCUT2D eigenvalue weighted by atomic mass is 32.2. The topological polar surface area (TPSA) is 171 Å². The Labute approximate surface area is 246 Å². The summed E-state index contributed by atoms with van der Waals surface area (Å²) in [5, 5.41) is 30.9. The van der Waals surface area contributed by atoms with Gasteiger partial charge in [-0.15, -0.1) is 11.8 Å². The van der Waals surface area contributed by atoms with E-state index in [1.807, 2.05) is 6.92 Å². The van der Waals surface area contributed by atoms with Gasteiger partial charge in [-0.05, 0) is 43.4 Å². The molecular formula is C28H34N4O9S. The Bertz CT molecular complexity index is 1350. The molecule has 42 heavy (non-hydrogen) atoms. The maximum absolute atomic E-state index is 13.3. The van der Waals surface area contributed by atoms with Crippen LogP contribution in [0.1, 0.15) is 32.3 Å². The van der Waals surface area contributed by atoms with E-state index >= 15 is 0 Å². The van der Waals surface area contributed by atoms with Crippen molar-refractivity contribution in [2.45, 2.75) is 56.7 Å². The van der Waals surface area contributed by atoms with Crippen LogP contribution in [0.2, 0.25) is 0 Å². The lowest BCUT2D eigenvalue weighted by Gasteiger charge is -2.46. The third kappa shape index (κ3) is 5.21. The summed E-state index contributed by atoms with van der Waals surface area (Å²) < 4.78 is 5.59. The van der Waals surface area contributed by atoms with Gasteiger partial charge >= 0.3 is 12.1 Å². The molecule has 3 amide bonds. The number of ether oxygens (including phenoxy) is 1. The Balaban J connectivity index is 1.33. The molecule has 226 valence electrons. The second kappa shape index (κ2) is 11.2. The molecule has 3 heterocycles. The number of carbonyl (C=O) groups excluding carboxylic acids is 3. The number of β-lactam (4-membered cyclic amide) rings is 1. The number of likely N-dealkylation sites (tertiary alicyclic amines) is 1. The van der Waals surface area contributed by atoms with Gasteiger partial charge in [0.05, 0.1) is 23.0 Å². The third-order valence-electron chi connectivity index (χ3n) is 8.75. The summed E-state index contributed by atoms with van der Waals surface area (Å²) in [6, 6.07) is 4.98. The monoisotopic (exact) mass is 602 g/mol. The summed E-state index contributed by atoms with van der Waals surface area (Å²) >= 11 is 1.34. The quantitative estimate of drug-likeness (QED) is 0.243. The van der Waals surface area contributed by atoms with Crippen LogP contribution in [-0.4, -0.2) is 97.8 Å². The molecule has 0 aromatic heterocycles. The molecule has 0 bridgehead atoms. The number of amides is 3. The lowest BCUT2D eigenvalue weighted by Crippen LogP contribution is -2.63. The average molecular weight is 603 g/mol. The number of carboxylic acid groups (broad SMARTS) is 1. The Morgan fingerprint density at radius 1 is 1.21 bits per heavy atom. The first-order valence-electron chi connectivity index (χ1n) is 13.8. The SMILES string of the molecule is C[C@@H](O)[C@H]1C(=O)N2C(C(=O)O)=C(S[C@H]3C[C@@H]([C@@H]4C[C@H]4C(=O)N(C)C)N(C(=O)OCc4ccc([N+](=O)[O-])cc4)C3)[C@H](C)[C@H]12. The number of nitro benzene ring substituents is 1. The van der Waals surface area contributed by atoms with Crippen molar-refractivity contribution < 1.29 is 39.1 Å². The van der Waals surface area contributed by atoms with E-state index in [1.165, 1.54) is 52.8 Å². The molecule has 5 rings (SSSR count). The van der Waals surface area contributed by atoms with Crippen LogP contribution >= 0.6 is 11.8 Å². The van der Waals surface area contributed by atoms with Gasteiger partial charge in [-0.2, -0.15) is 0 Å². The number of hydrogen-bond acceptors (Lipinski definition) is 9. The van der Waals surface area contributed by atoms with Crippen molar-refractivity contribution in [1.82, 2.24) is 14.7 Å². The molecule has 3 fully saturated rings. The Hall–Kier alpha value is -3.65. The second-order valence-corrected chi connectivity index (χ2v) is 13.0. The van der Waals surface area contributed by atoms with E-state index in [4.69, 9.17) is 4.74 Å². The summed E-state index contributed by atoms with van der Waals surface area (Å²) in [5.74, 6) is -2.88. The molecule has 2 N–H and O–H groups in total. The van der Waals surface area contributed by atoms with E-state index in [0.717, 1.165) is 0 Å². The molecule has 1 aromatic rings. The fraction of sp³-hybridized carbons (Fsp3) is 0.571. The fourth-order valence-electron chi connectivity index (χ4n) is 6.58. The summed E-state index contributed by atoms with van der Waals surface area (Å²) in [6.45, 7) is 3.55. The number of rotatable bonds is 9. The predicted molar refractivity (Wildman–Crippen MR) is 150 cm³/mol. The van der Waals surface area contributed by atoms with Crippen molar-refractivity contribution in [3.8, 4) is 0 Å². The zero-order chi connectivity index (χ0) is 30.6. The van der Waals surface area contributed by atoms with Crippen molar-refractivity contribution >= 4 is 41.3 Å². The van der Waals surface area contributed by atoms with Crippen LogP contribution in [0.15, 0.2) is 34.9 Å². The summed E-state index contributed by atoms with van der Waals surface area (Å²) in [7, 11) is 3.38. The summed E-state index contributed by atoms with van der Waals surface area (Å²) in [5.41, 5.74) is 0.445. The van der Waals surface area contributed by atoms with E-state index in [2.05, 4.69) is 0 Å². The number of nitrogens with zero attached hydrogens (tertiary/aromatic N) is 4. The minimum absolute atomic E-state index is 0.0114. The number of aliphatic hydroxyl groups is 1. The van der Waals surface area contributed by atoms with Crippen LogP contribution in [0, 0.1) is 33.8 Å². The molecular weight excluding hydrogens is 568 g/mol. The number of carbonyl (C=O) groups is 4. The van der Waals surface area contributed by atoms with E-state index in [1.54, 1.807) is 19.0 Å². The molecule has 2 saturated heterocycles. The molecule has 3 aliphatic heterocycles. The van der Waals surface area contributed by atoms with Crippen molar-refractivity contribution in [3.63, 3.8) is 0 Å².